The number of carbonyl (C=O) groups is 2. The van der Waals surface area contributed by atoms with Gasteiger partial charge < -0.3 is 19.3 Å². The molecule has 1 saturated heterocycles. The second-order valence-electron chi connectivity index (χ2n) is 7.37. The van der Waals surface area contributed by atoms with Crippen LogP contribution in [0.3, 0.4) is 0 Å². The van der Waals surface area contributed by atoms with Crippen molar-refractivity contribution in [3.63, 3.8) is 0 Å². The monoisotopic (exact) mass is 412 g/mol. The Kier molecular flexibility index (Phi) is 6.87. The molecule has 0 N–H and O–H groups in total. The van der Waals surface area contributed by atoms with Crippen LogP contribution in [0, 0.1) is 5.92 Å². The lowest BCUT2D eigenvalue weighted by Crippen LogP contribution is -2.41. The first-order valence-electron chi connectivity index (χ1n) is 10.1. The fourth-order valence-electron chi connectivity index (χ4n) is 3.49. The molecule has 1 aliphatic heterocycles. The van der Waals surface area contributed by atoms with Crippen molar-refractivity contribution < 1.29 is 19.1 Å². The number of methoxy groups -OCH3 is 1. The first-order valence-corrected chi connectivity index (χ1v) is 10.1. The van der Waals surface area contributed by atoms with Crippen LogP contribution in [0.4, 0.5) is 5.82 Å². The number of nitrogens with zero attached hydrogens (tertiary/aromatic N) is 4. The zero-order chi connectivity index (χ0) is 21.7. The highest BCUT2D eigenvalue weighted by molar-refractivity contribution is 5.99. The summed E-state index contributed by atoms with van der Waals surface area (Å²) in [4.78, 5) is 37.7. The molecule has 0 bridgehead atoms. The molecule has 1 aromatic heterocycles. The highest BCUT2D eigenvalue weighted by atomic mass is 16.5. The van der Waals surface area contributed by atoms with Gasteiger partial charge >= 0.3 is 5.97 Å². The molecule has 1 aliphatic rings. The van der Waals surface area contributed by atoms with Crippen molar-refractivity contribution in [3.05, 3.63) is 36.0 Å². The van der Waals surface area contributed by atoms with E-state index in [1.807, 2.05) is 43.3 Å². The number of likely N-dealkylation sites (tertiary alicyclic amines) is 1. The van der Waals surface area contributed by atoms with E-state index in [9.17, 15) is 9.59 Å². The van der Waals surface area contributed by atoms with Gasteiger partial charge in [-0.15, -0.1) is 0 Å². The van der Waals surface area contributed by atoms with Gasteiger partial charge in [-0.25, -0.2) is 9.97 Å². The van der Waals surface area contributed by atoms with Crippen molar-refractivity contribution in [2.45, 2.75) is 19.8 Å². The van der Waals surface area contributed by atoms with Crippen LogP contribution in [0.5, 0.6) is 5.75 Å². The second-order valence-corrected chi connectivity index (χ2v) is 7.37. The largest absolute Gasteiger partial charge is 0.497 e. The molecule has 0 aliphatic carbocycles. The van der Waals surface area contributed by atoms with Gasteiger partial charge in [-0.2, -0.15) is 0 Å². The van der Waals surface area contributed by atoms with Crippen molar-refractivity contribution in [3.8, 4) is 17.1 Å². The topological polar surface area (TPSA) is 84.9 Å². The highest BCUT2D eigenvalue weighted by Gasteiger charge is 2.30. The second kappa shape index (κ2) is 9.56. The van der Waals surface area contributed by atoms with Crippen LogP contribution in [0.2, 0.25) is 0 Å². The van der Waals surface area contributed by atoms with Gasteiger partial charge in [0.1, 0.15) is 17.1 Å². The van der Waals surface area contributed by atoms with E-state index in [1.165, 1.54) is 0 Å². The maximum Gasteiger partial charge on any atom is 0.309 e. The van der Waals surface area contributed by atoms with E-state index >= 15 is 0 Å². The molecule has 0 radical (unpaired) electrons. The number of amides is 1. The summed E-state index contributed by atoms with van der Waals surface area (Å²) in [7, 11) is 5.32. The van der Waals surface area contributed by atoms with Crippen molar-refractivity contribution in [1.29, 1.82) is 0 Å². The third-order valence-electron chi connectivity index (χ3n) is 5.17. The molecule has 0 unspecified atom stereocenters. The zero-order valence-electron chi connectivity index (χ0n) is 17.9. The van der Waals surface area contributed by atoms with E-state index in [4.69, 9.17) is 9.47 Å². The van der Waals surface area contributed by atoms with Gasteiger partial charge in [-0.3, -0.25) is 9.59 Å². The molecule has 0 atom stereocenters. The molecule has 3 rings (SSSR count). The van der Waals surface area contributed by atoms with Crippen molar-refractivity contribution in [2.24, 2.45) is 5.92 Å². The Morgan fingerprint density at radius 1 is 1.17 bits per heavy atom. The summed E-state index contributed by atoms with van der Waals surface area (Å²) in [5.41, 5.74) is 1.29. The molecule has 2 aromatic rings. The van der Waals surface area contributed by atoms with Gasteiger partial charge in [0.2, 0.25) is 0 Å². The SMILES string of the molecule is CCOC(=O)C1CCN(C(=O)c2cnc(-c3ccc(OC)cc3)nc2N(C)C)CC1. The van der Waals surface area contributed by atoms with Crippen LogP contribution in [-0.2, 0) is 9.53 Å². The molecule has 30 heavy (non-hydrogen) atoms. The Balaban J connectivity index is 1.78. The molecule has 8 heteroatoms. The number of rotatable bonds is 6. The van der Waals surface area contributed by atoms with Crippen LogP contribution in [0.25, 0.3) is 11.4 Å². The summed E-state index contributed by atoms with van der Waals surface area (Å²) < 4.78 is 10.3. The molecule has 1 aromatic carbocycles. The van der Waals surface area contributed by atoms with Crippen LogP contribution < -0.4 is 9.64 Å². The predicted octanol–water partition coefficient (Wildman–Crippen LogP) is 2.63. The van der Waals surface area contributed by atoms with Gasteiger partial charge in [0.15, 0.2) is 5.82 Å². The molecule has 160 valence electrons. The Bertz CT molecular complexity index is 891. The molecule has 1 fully saturated rings. The number of carbonyl (C=O) groups excluding carboxylic acids is 2. The number of benzene rings is 1. The highest BCUT2D eigenvalue weighted by Crippen LogP contribution is 2.26. The predicted molar refractivity (Wildman–Crippen MR) is 114 cm³/mol. The molecule has 0 spiro atoms. The van der Waals surface area contributed by atoms with E-state index in [2.05, 4.69) is 9.97 Å². The van der Waals surface area contributed by atoms with Crippen molar-refractivity contribution in [1.82, 2.24) is 14.9 Å². The van der Waals surface area contributed by atoms with E-state index in [0.717, 1.165) is 11.3 Å². The van der Waals surface area contributed by atoms with Crippen LogP contribution >= 0.6 is 0 Å². The third-order valence-corrected chi connectivity index (χ3v) is 5.17. The number of piperidine rings is 1. The number of hydrogen-bond donors (Lipinski definition) is 0. The maximum absolute atomic E-state index is 13.1. The van der Waals surface area contributed by atoms with E-state index in [1.54, 1.807) is 25.1 Å². The Morgan fingerprint density at radius 3 is 2.40 bits per heavy atom. The van der Waals surface area contributed by atoms with Crippen LogP contribution in [-0.4, -0.2) is 67.6 Å². The van der Waals surface area contributed by atoms with Crippen LogP contribution in [0.15, 0.2) is 30.5 Å². The first kappa shape index (κ1) is 21.5. The number of anilines is 1. The summed E-state index contributed by atoms with van der Waals surface area (Å²) in [6, 6.07) is 7.46. The molecular formula is C22H28N4O4. The summed E-state index contributed by atoms with van der Waals surface area (Å²) in [6.45, 7) is 3.20. The number of hydrogen-bond acceptors (Lipinski definition) is 7. The average Bonchev–Trinajstić information content (AvgIpc) is 2.78. The molecule has 8 nitrogen and oxygen atoms in total. The summed E-state index contributed by atoms with van der Waals surface area (Å²) >= 11 is 0. The molecule has 0 saturated carbocycles. The Labute approximate surface area is 176 Å². The lowest BCUT2D eigenvalue weighted by molar-refractivity contribution is -0.149. The summed E-state index contributed by atoms with van der Waals surface area (Å²) in [5, 5.41) is 0. The smallest absolute Gasteiger partial charge is 0.309 e. The molecular weight excluding hydrogens is 384 g/mol. The molecule has 1 amide bonds. The van der Waals surface area contributed by atoms with Crippen molar-refractivity contribution >= 4 is 17.7 Å². The number of ether oxygens (including phenoxy) is 2. The van der Waals surface area contributed by atoms with Gasteiger partial charge in [0.05, 0.1) is 19.6 Å². The average molecular weight is 412 g/mol. The standard InChI is InChI=1S/C22H28N4O4/c1-5-30-22(28)16-10-12-26(13-11-16)21(27)18-14-23-19(24-20(18)25(2)3)15-6-8-17(29-4)9-7-15/h6-9,14,16H,5,10-13H2,1-4H3. The normalized spacial score (nSPS) is 14.3. The Hall–Kier alpha value is -3.16. The Morgan fingerprint density at radius 2 is 1.83 bits per heavy atom. The van der Waals surface area contributed by atoms with Gasteiger partial charge in [0, 0.05) is 38.9 Å². The quantitative estimate of drug-likeness (QED) is 0.674. The minimum Gasteiger partial charge on any atom is -0.497 e. The first-order chi connectivity index (χ1) is 14.4. The van der Waals surface area contributed by atoms with Crippen molar-refractivity contribution in [2.75, 3.05) is 45.8 Å². The third kappa shape index (κ3) is 4.69. The van der Waals surface area contributed by atoms with E-state index in [0.29, 0.717) is 49.7 Å². The maximum atomic E-state index is 13.1. The summed E-state index contributed by atoms with van der Waals surface area (Å²) in [6.07, 6.45) is 2.79. The number of aromatic nitrogens is 2. The number of esters is 1. The zero-order valence-corrected chi connectivity index (χ0v) is 17.9. The van der Waals surface area contributed by atoms with Gasteiger partial charge in [-0.05, 0) is 44.0 Å². The van der Waals surface area contributed by atoms with Crippen LogP contribution in [0.1, 0.15) is 30.1 Å². The fraction of sp³-hybridized carbons (Fsp3) is 0.455. The lowest BCUT2D eigenvalue weighted by atomic mass is 9.96. The fourth-order valence-corrected chi connectivity index (χ4v) is 3.49. The van der Waals surface area contributed by atoms with E-state index < -0.39 is 0 Å². The molecule has 2 heterocycles. The van der Waals surface area contributed by atoms with Gasteiger partial charge in [0.25, 0.3) is 5.91 Å². The van der Waals surface area contributed by atoms with E-state index in [-0.39, 0.29) is 17.8 Å². The minimum absolute atomic E-state index is 0.123. The minimum atomic E-state index is -0.175. The summed E-state index contributed by atoms with van der Waals surface area (Å²) in [5.74, 6) is 1.42. The lowest BCUT2D eigenvalue weighted by Gasteiger charge is -2.31. The van der Waals surface area contributed by atoms with Gasteiger partial charge in [-0.1, -0.05) is 0 Å².